The van der Waals surface area contributed by atoms with E-state index in [1.165, 1.54) is 0 Å². The lowest BCUT2D eigenvalue weighted by atomic mass is 10.3. The Morgan fingerprint density at radius 1 is 1.31 bits per heavy atom. The molecule has 0 unspecified atom stereocenters. The van der Waals surface area contributed by atoms with E-state index >= 15 is 0 Å². The van der Waals surface area contributed by atoms with Gasteiger partial charge in [0.05, 0.1) is 22.2 Å². The Morgan fingerprint density at radius 2 is 2.00 bits per heavy atom. The molecule has 1 aromatic carbocycles. The minimum atomic E-state index is -0.435. The summed E-state index contributed by atoms with van der Waals surface area (Å²) in [4.78, 5) is 21.8. The van der Waals surface area contributed by atoms with Crippen molar-refractivity contribution in [2.75, 3.05) is 16.8 Å². The second kappa shape index (κ2) is 6.40. The fraction of sp³-hybridized carbons (Fsp3) is 0.200. The highest BCUT2D eigenvalue weighted by Crippen LogP contribution is 2.20. The number of primary amides is 1. The number of halogens is 1. The average molecular weight is 259 g/mol. The van der Waals surface area contributed by atoms with Crippen LogP contribution in [0.4, 0.5) is 5.69 Å². The maximum atomic E-state index is 11.4. The van der Waals surface area contributed by atoms with Crippen LogP contribution in [0.2, 0.25) is 5.02 Å². The summed E-state index contributed by atoms with van der Waals surface area (Å²) in [5, 5.41) is 3.12. The number of nitrogens with two attached hydrogens (primary N) is 1. The number of amides is 2. The highest BCUT2D eigenvalue weighted by atomic mass is 35.5. The van der Waals surface area contributed by atoms with Crippen molar-refractivity contribution in [2.45, 2.75) is 0 Å². The lowest BCUT2D eigenvalue weighted by Crippen LogP contribution is -2.18. The molecule has 3 N–H and O–H groups in total. The van der Waals surface area contributed by atoms with Gasteiger partial charge >= 0.3 is 0 Å². The van der Waals surface area contributed by atoms with E-state index in [9.17, 15) is 9.59 Å². The largest absolute Gasteiger partial charge is 0.369 e. The molecular weight excluding hydrogens is 248 g/mol. The van der Waals surface area contributed by atoms with Crippen LogP contribution in [0.5, 0.6) is 0 Å². The Hall–Kier alpha value is -1.20. The smallest absolute Gasteiger partial charge is 0.234 e. The van der Waals surface area contributed by atoms with Gasteiger partial charge in [0.25, 0.3) is 0 Å². The molecule has 0 saturated heterocycles. The van der Waals surface area contributed by atoms with Gasteiger partial charge in [0, 0.05) is 0 Å². The molecule has 16 heavy (non-hydrogen) atoms. The summed E-state index contributed by atoms with van der Waals surface area (Å²) < 4.78 is 0. The summed E-state index contributed by atoms with van der Waals surface area (Å²) in [6, 6.07) is 6.95. The molecule has 2 amide bonds. The summed E-state index contributed by atoms with van der Waals surface area (Å²) in [6.45, 7) is 0. The molecule has 86 valence electrons. The first kappa shape index (κ1) is 12.9. The second-order valence-electron chi connectivity index (χ2n) is 2.99. The Labute approximate surface area is 103 Å². The third kappa shape index (κ3) is 4.55. The van der Waals surface area contributed by atoms with Crippen molar-refractivity contribution in [1.29, 1.82) is 0 Å². The van der Waals surface area contributed by atoms with Crippen molar-refractivity contribution in [3.8, 4) is 0 Å². The van der Waals surface area contributed by atoms with Crippen LogP contribution in [0.15, 0.2) is 24.3 Å². The maximum absolute atomic E-state index is 11.4. The Morgan fingerprint density at radius 3 is 2.62 bits per heavy atom. The normalized spacial score (nSPS) is 9.81. The monoisotopic (exact) mass is 258 g/mol. The molecule has 0 radical (unpaired) electrons. The number of carbonyl (C=O) groups excluding carboxylic acids is 2. The number of carbonyl (C=O) groups is 2. The zero-order valence-electron chi connectivity index (χ0n) is 8.40. The van der Waals surface area contributed by atoms with Crippen molar-refractivity contribution in [3.05, 3.63) is 29.3 Å². The molecule has 0 aliphatic carbocycles. The van der Waals surface area contributed by atoms with Crippen LogP contribution in [-0.4, -0.2) is 23.3 Å². The van der Waals surface area contributed by atoms with E-state index in [1.807, 2.05) is 0 Å². The predicted octanol–water partition coefficient (Wildman–Crippen LogP) is 1.50. The van der Waals surface area contributed by atoms with Gasteiger partial charge < -0.3 is 11.1 Å². The van der Waals surface area contributed by atoms with E-state index in [-0.39, 0.29) is 17.4 Å². The Balaban J connectivity index is 2.40. The van der Waals surface area contributed by atoms with Gasteiger partial charge in [-0.05, 0) is 12.1 Å². The molecule has 6 heteroatoms. The van der Waals surface area contributed by atoms with E-state index in [0.29, 0.717) is 10.7 Å². The number of rotatable bonds is 5. The number of benzene rings is 1. The molecule has 1 rings (SSSR count). The number of hydrogen-bond donors (Lipinski definition) is 2. The lowest BCUT2D eigenvalue weighted by molar-refractivity contribution is -0.115. The maximum Gasteiger partial charge on any atom is 0.234 e. The van der Waals surface area contributed by atoms with Crippen LogP contribution >= 0.6 is 23.4 Å². The molecule has 0 heterocycles. The van der Waals surface area contributed by atoms with Gasteiger partial charge in [-0.15, -0.1) is 11.8 Å². The first-order chi connectivity index (χ1) is 7.59. The molecular formula is C10H11ClN2O2S. The quantitative estimate of drug-likeness (QED) is 0.841. The molecule has 0 aromatic heterocycles. The molecule has 0 aliphatic heterocycles. The third-order valence-corrected chi connectivity index (χ3v) is 2.91. The molecule has 1 aromatic rings. The number of thioether (sulfide) groups is 1. The summed E-state index contributed by atoms with van der Waals surface area (Å²) in [5.74, 6) is -0.334. The summed E-state index contributed by atoms with van der Waals surface area (Å²) >= 11 is 7.02. The van der Waals surface area contributed by atoms with Gasteiger partial charge in [0.1, 0.15) is 0 Å². The predicted molar refractivity (Wildman–Crippen MR) is 66.6 cm³/mol. The van der Waals surface area contributed by atoms with Gasteiger partial charge in [-0.25, -0.2) is 0 Å². The molecule has 0 spiro atoms. The standard InChI is InChI=1S/C10H11ClN2O2S/c11-7-3-1-2-4-8(7)13-10(15)6-16-5-9(12)14/h1-4H,5-6H2,(H2,12,14)(H,13,15). The molecule has 4 nitrogen and oxygen atoms in total. The van der Waals surface area contributed by atoms with Gasteiger partial charge in [0.15, 0.2) is 0 Å². The van der Waals surface area contributed by atoms with Crippen molar-refractivity contribution in [3.63, 3.8) is 0 Å². The van der Waals surface area contributed by atoms with Crippen LogP contribution in [0.3, 0.4) is 0 Å². The molecule has 0 saturated carbocycles. The molecule has 0 bridgehead atoms. The number of para-hydroxylation sites is 1. The van der Waals surface area contributed by atoms with E-state index in [0.717, 1.165) is 11.8 Å². The minimum Gasteiger partial charge on any atom is -0.369 e. The van der Waals surface area contributed by atoms with E-state index in [4.69, 9.17) is 17.3 Å². The van der Waals surface area contributed by atoms with Crippen molar-refractivity contribution in [2.24, 2.45) is 5.73 Å². The van der Waals surface area contributed by atoms with Crippen LogP contribution < -0.4 is 11.1 Å². The third-order valence-electron chi connectivity index (χ3n) is 1.63. The minimum absolute atomic E-state index is 0.135. The van der Waals surface area contributed by atoms with Crippen LogP contribution in [0.1, 0.15) is 0 Å². The highest BCUT2D eigenvalue weighted by molar-refractivity contribution is 8.00. The van der Waals surface area contributed by atoms with E-state index in [1.54, 1.807) is 24.3 Å². The molecule has 0 atom stereocenters. The fourth-order valence-electron chi connectivity index (χ4n) is 0.993. The summed E-state index contributed by atoms with van der Waals surface area (Å²) in [6.07, 6.45) is 0. The zero-order valence-corrected chi connectivity index (χ0v) is 9.98. The van der Waals surface area contributed by atoms with Gasteiger partial charge in [-0.1, -0.05) is 23.7 Å². The van der Waals surface area contributed by atoms with Gasteiger partial charge in [0.2, 0.25) is 11.8 Å². The summed E-state index contributed by atoms with van der Waals surface area (Å²) in [7, 11) is 0. The topological polar surface area (TPSA) is 72.2 Å². The molecule has 0 fully saturated rings. The van der Waals surface area contributed by atoms with Crippen molar-refractivity contribution in [1.82, 2.24) is 0 Å². The Bertz CT molecular complexity index is 398. The van der Waals surface area contributed by atoms with Crippen LogP contribution in [-0.2, 0) is 9.59 Å². The first-order valence-electron chi connectivity index (χ1n) is 4.50. The second-order valence-corrected chi connectivity index (χ2v) is 4.38. The van der Waals surface area contributed by atoms with Gasteiger partial charge in [-0.2, -0.15) is 0 Å². The number of anilines is 1. The first-order valence-corrected chi connectivity index (χ1v) is 6.03. The van der Waals surface area contributed by atoms with Crippen molar-refractivity contribution >= 4 is 40.9 Å². The van der Waals surface area contributed by atoms with E-state index in [2.05, 4.69) is 5.32 Å². The van der Waals surface area contributed by atoms with Gasteiger partial charge in [-0.3, -0.25) is 9.59 Å². The fourth-order valence-corrected chi connectivity index (χ4v) is 1.74. The van der Waals surface area contributed by atoms with Crippen LogP contribution in [0.25, 0.3) is 0 Å². The molecule has 0 aliphatic rings. The lowest BCUT2D eigenvalue weighted by Gasteiger charge is -2.05. The van der Waals surface area contributed by atoms with Crippen molar-refractivity contribution < 1.29 is 9.59 Å². The Kier molecular flexibility index (Phi) is 5.14. The number of nitrogens with one attached hydrogen (secondary N) is 1. The van der Waals surface area contributed by atoms with Crippen LogP contribution in [0, 0.1) is 0 Å². The van der Waals surface area contributed by atoms with E-state index < -0.39 is 5.91 Å². The number of hydrogen-bond acceptors (Lipinski definition) is 3. The average Bonchev–Trinajstić information content (AvgIpc) is 2.21. The highest BCUT2D eigenvalue weighted by Gasteiger charge is 2.05. The summed E-state index contributed by atoms with van der Waals surface area (Å²) in [5.41, 5.74) is 5.51. The SMILES string of the molecule is NC(=O)CSCC(=O)Nc1ccccc1Cl. The zero-order chi connectivity index (χ0) is 12.0.